The molecule has 1 aliphatic rings. The molecule has 0 aromatic heterocycles. The number of carbonyl (C=O) groups is 1. The Morgan fingerprint density at radius 1 is 1.60 bits per heavy atom. The first-order valence-electron chi connectivity index (χ1n) is 3.16. The largest absolute Gasteiger partial charge is 0.508 e. The van der Waals surface area contributed by atoms with Gasteiger partial charge in [0, 0.05) is 12.0 Å². The summed E-state index contributed by atoms with van der Waals surface area (Å²) < 4.78 is 9.29. The maximum Gasteiger partial charge on any atom is 0.508 e. The van der Waals surface area contributed by atoms with Crippen LogP contribution in [0.4, 0.5) is 4.79 Å². The Bertz CT molecular complexity index is 136. The zero-order chi connectivity index (χ0) is 7.61. The molecule has 0 spiro atoms. The van der Waals surface area contributed by atoms with Crippen LogP contribution in [0.3, 0.4) is 0 Å². The number of cyclic esters (lactones) is 2. The molecule has 1 rings (SSSR count). The lowest BCUT2D eigenvalue weighted by atomic mass is 9.93. The van der Waals surface area contributed by atoms with E-state index in [1.165, 1.54) is 0 Å². The van der Waals surface area contributed by atoms with Gasteiger partial charge in [0.2, 0.25) is 0 Å². The van der Waals surface area contributed by atoms with Crippen LogP contribution in [0.5, 0.6) is 0 Å². The third-order valence-corrected chi connectivity index (χ3v) is 1.57. The molecule has 4 heteroatoms. The molecule has 0 saturated carbocycles. The topological polar surface area (TPSA) is 61.5 Å². The highest BCUT2D eigenvalue weighted by atomic mass is 16.7. The van der Waals surface area contributed by atoms with Crippen LogP contribution in [-0.2, 0) is 9.47 Å². The normalized spacial score (nSPS) is 23.2. The van der Waals surface area contributed by atoms with Crippen LogP contribution in [-0.4, -0.2) is 25.9 Å². The summed E-state index contributed by atoms with van der Waals surface area (Å²) in [5.41, 5.74) is 5.23. The zero-order valence-electron chi connectivity index (χ0n) is 5.92. The summed E-state index contributed by atoms with van der Waals surface area (Å²) in [7, 11) is 0. The fraction of sp³-hybridized carbons (Fsp3) is 0.833. The average molecular weight is 145 g/mol. The third-order valence-electron chi connectivity index (χ3n) is 1.57. The van der Waals surface area contributed by atoms with E-state index in [0.29, 0.717) is 19.8 Å². The van der Waals surface area contributed by atoms with Crippen molar-refractivity contribution in [2.45, 2.75) is 6.92 Å². The lowest BCUT2D eigenvalue weighted by Gasteiger charge is -2.30. The fourth-order valence-electron chi connectivity index (χ4n) is 0.667. The van der Waals surface area contributed by atoms with Gasteiger partial charge < -0.3 is 15.2 Å². The lowest BCUT2D eigenvalue weighted by molar-refractivity contribution is -0.0481. The molecule has 0 radical (unpaired) electrons. The van der Waals surface area contributed by atoms with Gasteiger partial charge in [-0.05, 0) is 0 Å². The molecule has 0 aromatic rings. The molecule has 0 unspecified atom stereocenters. The van der Waals surface area contributed by atoms with Crippen molar-refractivity contribution in [1.29, 1.82) is 0 Å². The lowest BCUT2D eigenvalue weighted by Crippen LogP contribution is -2.42. The number of hydrogen-bond acceptors (Lipinski definition) is 4. The maximum absolute atomic E-state index is 10.4. The summed E-state index contributed by atoms with van der Waals surface area (Å²) in [6, 6.07) is 0. The summed E-state index contributed by atoms with van der Waals surface area (Å²) in [5, 5.41) is 0. The van der Waals surface area contributed by atoms with Gasteiger partial charge in [-0.2, -0.15) is 0 Å². The van der Waals surface area contributed by atoms with Crippen LogP contribution in [0.25, 0.3) is 0 Å². The van der Waals surface area contributed by atoms with Crippen molar-refractivity contribution < 1.29 is 14.3 Å². The summed E-state index contributed by atoms with van der Waals surface area (Å²) >= 11 is 0. The average Bonchev–Trinajstić information content (AvgIpc) is 1.96. The predicted octanol–water partition coefficient (Wildman–Crippen LogP) is 0.118. The Morgan fingerprint density at radius 2 is 2.10 bits per heavy atom. The number of carbonyl (C=O) groups excluding carboxylic acids is 1. The van der Waals surface area contributed by atoms with E-state index in [1.54, 1.807) is 0 Å². The smallest absolute Gasteiger partial charge is 0.434 e. The zero-order valence-corrected chi connectivity index (χ0v) is 5.92. The van der Waals surface area contributed by atoms with Gasteiger partial charge >= 0.3 is 6.16 Å². The Labute approximate surface area is 59.3 Å². The second kappa shape index (κ2) is 2.46. The molecule has 0 bridgehead atoms. The standard InChI is InChI=1S/C6H11NO3/c1-6(2-7)3-9-5(8)10-4-6/h2-4,7H2,1H3. The van der Waals surface area contributed by atoms with E-state index in [0.717, 1.165) is 0 Å². The first kappa shape index (κ1) is 7.34. The minimum absolute atomic E-state index is 0.187. The van der Waals surface area contributed by atoms with Crippen LogP contribution in [0.15, 0.2) is 0 Å². The number of nitrogens with two attached hydrogens (primary N) is 1. The first-order chi connectivity index (χ1) is 4.66. The summed E-state index contributed by atoms with van der Waals surface area (Å²) in [6.07, 6.45) is -0.592. The Hall–Kier alpha value is -0.770. The van der Waals surface area contributed by atoms with Crippen molar-refractivity contribution in [3.8, 4) is 0 Å². The van der Waals surface area contributed by atoms with Gasteiger partial charge in [-0.15, -0.1) is 0 Å². The molecular formula is C6H11NO3. The minimum atomic E-state index is -0.592. The van der Waals surface area contributed by atoms with Crippen molar-refractivity contribution >= 4 is 6.16 Å². The molecule has 4 nitrogen and oxygen atoms in total. The van der Waals surface area contributed by atoms with E-state index in [1.807, 2.05) is 6.92 Å². The van der Waals surface area contributed by atoms with Crippen LogP contribution >= 0.6 is 0 Å². The number of hydrogen-bond donors (Lipinski definition) is 1. The molecule has 0 amide bonds. The molecule has 0 aromatic carbocycles. The highest BCUT2D eigenvalue weighted by Gasteiger charge is 2.31. The molecule has 1 saturated heterocycles. The highest BCUT2D eigenvalue weighted by Crippen LogP contribution is 2.19. The van der Waals surface area contributed by atoms with Crippen LogP contribution in [0.2, 0.25) is 0 Å². The molecule has 0 aliphatic carbocycles. The first-order valence-corrected chi connectivity index (χ1v) is 3.16. The summed E-state index contributed by atoms with van der Waals surface area (Å²) in [6.45, 7) is 3.12. The van der Waals surface area contributed by atoms with E-state index < -0.39 is 6.16 Å². The quantitative estimate of drug-likeness (QED) is 0.532. The van der Waals surface area contributed by atoms with Gasteiger partial charge in [-0.1, -0.05) is 6.92 Å². The molecule has 58 valence electrons. The van der Waals surface area contributed by atoms with E-state index in [2.05, 4.69) is 9.47 Å². The Kier molecular flexibility index (Phi) is 1.80. The molecule has 1 aliphatic heterocycles. The molecule has 1 heterocycles. The van der Waals surface area contributed by atoms with Gasteiger partial charge in [-0.25, -0.2) is 4.79 Å². The van der Waals surface area contributed by atoms with E-state index in [4.69, 9.17) is 5.73 Å². The van der Waals surface area contributed by atoms with Gasteiger partial charge in [0.15, 0.2) is 0 Å². The third kappa shape index (κ3) is 1.39. The van der Waals surface area contributed by atoms with E-state index >= 15 is 0 Å². The highest BCUT2D eigenvalue weighted by molar-refractivity contribution is 5.60. The van der Waals surface area contributed by atoms with Gasteiger partial charge in [0.1, 0.15) is 13.2 Å². The molecule has 1 fully saturated rings. The van der Waals surface area contributed by atoms with E-state index in [-0.39, 0.29) is 5.41 Å². The maximum atomic E-state index is 10.4. The second-order valence-corrected chi connectivity index (χ2v) is 2.84. The van der Waals surface area contributed by atoms with Gasteiger partial charge in [0.25, 0.3) is 0 Å². The molecule has 10 heavy (non-hydrogen) atoms. The van der Waals surface area contributed by atoms with Crippen molar-refractivity contribution in [2.24, 2.45) is 11.1 Å². The molecule has 2 N–H and O–H groups in total. The minimum Gasteiger partial charge on any atom is -0.434 e. The second-order valence-electron chi connectivity index (χ2n) is 2.84. The van der Waals surface area contributed by atoms with Crippen LogP contribution < -0.4 is 5.73 Å². The number of ether oxygens (including phenoxy) is 2. The molecule has 0 atom stereocenters. The Morgan fingerprint density at radius 3 is 2.50 bits per heavy atom. The van der Waals surface area contributed by atoms with Crippen molar-refractivity contribution in [3.05, 3.63) is 0 Å². The van der Waals surface area contributed by atoms with Crippen molar-refractivity contribution in [3.63, 3.8) is 0 Å². The summed E-state index contributed by atoms with van der Waals surface area (Å²) in [5.74, 6) is 0. The monoisotopic (exact) mass is 145 g/mol. The Balaban J connectivity index is 2.46. The van der Waals surface area contributed by atoms with Crippen molar-refractivity contribution in [1.82, 2.24) is 0 Å². The predicted molar refractivity (Wildman–Crippen MR) is 34.5 cm³/mol. The number of rotatable bonds is 1. The van der Waals surface area contributed by atoms with Gasteiger partial charge in [-0.3, -0.25) is 0 Å². The van der Waals surface area contributed by atoms with Gasteiger partial charge in [0.05, 0.1) is 0 Å². The van der Waals surface area contributed by atoms with Crippen LogP contribution in [0, 0.1) is 5.41 Å². The summed E-state index contributed by atoms with van der Waals surface area (Å²) in [4.78, 5) is 10.4. The molecular weight excluding hydrogens is 134 g/mol. The van der Waals surface area contributed by atoms with Crippen LogP contribution in [0.1, 0.15) is 6.92 Å². The van der Waals surface area contributed by atoms with E-state index in [9.17, 15) is 4.79 Å². The fourth-order valence-corrected chi connectivity index (χ4v) is 0.667. The SMILES string of the molecule is CC1(CN)COC(=O)OC1. The van der Waals surface area contributed by atoms with Crippen molar-refractivity contribution in [2.75, 3.05) is 19.8 Å².